The van der Waals surface area contributed by atoms with Gasteiger partial charge in [0.15, 0.2) is 11.6 Å². The van der Waals surface area contributed by atoms with E-state index < -0.39 is 0 Å². The summed E-state index contributed by atoms with van der Waals surface area (Å²) in [5.41, 5.74) is 0.857. The third-order valence-corrected chi connectivity index (χ3v) is 2.59. The SMILES string of the molecule is COc1ccc(C=CCNC2CC2)cc1F. The largest absolute Gasteiger partial charge is 0.494 e. The van der Waals surface area contributed by atoms with Gasteiger partial charge in [-0.15, -0.1) is 0 Å². The molecule has 0 aliphatic heterocycles. The van der Waals surface area contributed by atoms with Crippen molar-refractivity contribution in [3.63, 3.8) is 0 Å². The molecule has 3 heteroatoms. The Morgan fingerprint density at radius 1 is 1.50 bits per heavy atom. The minimum absolute atomic E-state index is 0.285. The summed E-state index contributed by atoms with van der Waals surface area (Å²) in [7, 11) is 1.47. The first-order valence-corrected chi connectivity index (χ1v) is 5.53. The van der Waals surface area contributed by atoms with Crippen LogP contribution in [0.25, 0.3) is 6.08 Å². The average Bonchev–Trinajstić information content (AvgIpc) is 3.08. The van der Waals surface area contributed by atoms with Gasteiger partial charge < -0.3 is 10.1 Å². The van der Waals surface area contributed by atoms with Crippen molar-refractivity contribution >= 4 is 6.08 Å². The molecule has 1 aliphatic carbocycles. The van der Waals surface area contributed by atoms with Crippen LogP contribution >= 0.6 is 0 Å². The lowest BCUT2D eigenvalue weighted by Gasteiger charge is -2.02. The second kappa shape index (κ2) is 5.12. The Morgan fingerprint density at radius 2 is 2.31 bits per heavy atom. The lowest BCUT2D eigenvalue weighted by atomic mass is 10.2. The smallest absolute Gasteiger partial charge is 0.165 e. The third kappa shape index (κ3) is 3.07. The molecular weight excluding hydrogens is 205 g/mol. The summed E-state index contributed by atoms with van der Waals surface area (Å²) in [6.07, 6.45) is 6.49. The standard InChI is InChI=1S/C13H16FNO/c1-16-13-7-4-10(9-12(13)14)3-2-8-15-11-5-6-11/h2-4,7,9,11,15H,5-6,8H2,1H3. The quantitative estimate of drug-likeness (QED) is 0.825. The fourth-order valence-electron chi connectivity index (χ4n) is 1.50. The minimum atomic E-state index is -0.320. The zero-order valence-electron chi connectivity index (χ0n) is 9.37. The number of ether oxygens (including phenoxy) is 1. The van der Waals surface area contributed by atoms with Crippen LogP contribution < -0.4 is 10.1 Å². The Kier molecular flexibility index (Phi) is 3.57. The van der Waals surface area contributed by atoms with E-state index in [4.69, 9.17) is 4.74 Å². The second-order valence-electron chi connectivity index (χ2n) is 3.98. The Morgan fingerprint density at radius 3 is 2.94 bits per heavy atom. The molecule has 16 heavy (non-hydrogen) atoms. The second-order valence-corrected chi connectivity index (χ2v) is 3.98. The summed E-state index contributed by atoms with van der Waals surface area (Å²) in [4.78, 5) is 0. The zero-order valence-corrected chi connectivity index (χ0v) is 9.37. The van der Waals surface area contributed by atoms with Crippen molar-refractivity contribution in [3.8, 4) is 5.75 Å². The van der Waals surface area contributed by atoms with Crippen LogP contribution in [0.2, 0.25) is 0 Å². The van der Waals surface area contributed by atoms with Crippen LogP contribution in [0.1, 0.15) is 18.4 Å². The van der Waals surface area contributed by atoms with Crippen molar-refractivity contribution < 1.29 is 9.13 Å². The van der Waals surface area contributed by atoms with Gasteiger partial charge in [0.2, 0.25) is 0 Å². The molecule has 0 heterocycles. The Bertz CT molecular complexity index is 386. The summed E-state index contributed by atoms with van der Waals surface area (Å²) >= 11 is 0. The van der Waals surface area contributed by atoms with E-state index in [1.54, 1.807) is 6.07 Å². The maximum Gasteiger partial charge on any atom is 0.165 e. The number of halogens is 1. The molecule has 0 bridgehead atoms. The highest BCUT2D eigenvalue weighted by Crippen LogP contribution is 2.19. The van der Waals surface area contributed by atoms with Crippen molar-refractivity contribution in [2.75, 3.05) is 13.7 Å². The van der Waals surface area contributed by atoms with Crippen LogP contribution in [-0.2, 0) is 0 Å². The van der Waals surface area contributed by atoms with Crippen LogP contribution in [0.4, 0.5) is 4.39 Å². The van der Waals surface area contributed by atoms with Crippen LogP contribution in [0.3, 0.4) is 0 Å². The van der Waals surface area contributed by atoms with E-state index in [2.05, 4.69) is 5.32 Å². The summed E-state index contributed by atoms with van der Waals surface area (Å²) in [5, 5.41) is 3.36. The maximum absolute atomic E-state index is 13.3. The average molecular weight is 221 g/mol. The maximum atomic E-state index is 13.3. The summed E-state index contributed by atoms with van der Waals surface area (Å²) in [5.74, 6) is -0.0342. The first-order valence-electron chi connectivity index (χ1n) is 5.53. The number of hydrogen-bond acceptors (Lipinski definition) is 2. The molecule has 0 saturated heterocycles. The van der Waals surface area contributed by atoms with Gasteiger partial charge in [-0.2, -0.15) is 0 Å². The number of benzene rings is 1. The normalized spacial score (nSPS) is 15.6. The molecule has 1 aromatic carbocycles. The molecule has 2 rings (SSSR count). The minimum Gasteiger partial charge on any atom is -0.494 e. The van der Waals surface area contributed by atoms with Crippen molar-refractivity contribution in [2.24, 2.45) is 0 Å². The summed E-state index contributed by atoms with van der Waals surface area (Å²) < 4.78 is 18.2. The molecule has 1 fully saturated rings. The number of rotatable bonds is 5. The fraction of sp³-hybridized carbons (Fsp3) is 0.385. The predicted octanol–water partition coefficient (Wildman–Crippen LogP) is 2.60. The van der Waals surface area contributed by atoms with E-state index in [-0.39, 0.29) is 11.6 Å². The molecule has 0 radical (unpaired) electrons. The van der Waals surface area contributed by atoms with Gasteiger partial charge in [0.1, 0.15) is 0 Å². The van der Waals surface area contributed by atoms with Gasteiger partial charge in [-0.1, -0.05) is 18.2 Å². The molecule has 1 aliphatic rings. The lowest BCUT2D eigenvalue weighted by molar-refractivity contribution is 0.386. The first kappa shape index (κ1) is 11.1. The molecule has 1 aromatic rings. The van der Waals surface area contributed by atoms with E-state index in [1.165, 1.54) is 26.0 Å². The molecule has 0 aromatic heterocycles. The van der Waals surface area contributed by atoms with Crippen LogP contribution in [0.15, 0.2) is 24.3 Å². The lowest BCUT2D eigenvalue weighted by Crippen LogP contribution is -2.15. The van der Waals surface area contributed by atoms with Crippen molar-refractivity contribution in [3.05, 3.63) is 35.7 Å². The van der Waals surface area contributed by atoms with Gasteiger partial charge >= 0.3 is 0 Å². The molecule has 2 nitrogen and oxygen atoms in total. The molecule has 0 unspecified atom stereocenters. The molecule has 1 saturated carbocycles. The summed E-state index contributed by atoms with van der Waals surface area (Å²) in [6.45, 7) is 0.846. The van der Waals surface area contributed by atoms with Gasteiger partial charge in [-0.25, -0.2) is 4.39 Å². The molecule has 0 atom stereocenters. The highest BCUT2D eigenvalue weighted by atomic mass is 19.1. The van der Waals surface area contributed by atoms with Gasteiger partial charge in [0.05, 0.1) is 7.11 Å². The van der Waals surface area contributed by atoms with E-state index in [9.17, 15) is 4.39 Å². The van der Waals surface area contributed by atoms with Gasteiger partial charge in [0.25, 0.3) is 0 Å². The van der Waals surface area contributed by atoms with Gasteiger partial charge in [-0.3, -0.25) is 0 Å². The zero-order chi connectivity index (χ0) is 11.4. The number of methoxy groups -OCH3 is 1. The van der Waals surface area contributed by atoms with E-state index in [0.29, 0.717) is 6.04 Å². The Labute approximate surface area is 95.1 Å². The molecule has 1 N–H and O–H groups in total. The molecule has 0 amide bonds. The molecular formula is C13H16FNO. The summed E-state index contributed by atoms with van der Waals surface area (Å²) in [6, 6.07) is 5.67. The third-order valence-electron chi connectivity index (χ3n) is 2.59. The number of hydrogen-bond donors (Lipinski definition) is 1. The van der Waals surface area contributed by atoms with E-state index >= 15 is 0 Å². The Balaban J connectivity index is 1.89. The van der Waals surface area contributed by atoms with Gasteiger partial charge in [-0.05, 0) is 30.5 Å². The molecule has 86 valence electrons. The van der Waals surface area contributed by atoms with E-state index in [0.717, 1.165) is 12.1 Å². The number of nitrogens with one attached hydrogen (secondary N) is 1. The Hall–Kier alpha value is -1.35. The fourth-order valence-corrected chi connectivity index (χ4v) is 1.50. The highest BCUT2D eigenvalue weighted by molar-refractivity contribution is 5.51. The predicted molar refractivity (Wildman–Crippen MR) is 63.0 cm³/mol. The molecule has 0 spiro atoms. The first-order chi connectivity index (χ1) is 7.79. The van der Waals surface area contributed by atoms with Crippen LogP contribution in [0, 0.1) is 5.82 Å². The van der Waals surface area contributed by atoms with Crippen molar-refractivity contribution in [2.45, 2.75) is 18.9 Å². The van der Waals surface area contributed by atoms with Gasteiger partial charge in [0, 0.05) is 12.6 Å². The van der Waals surface area contributed by atoms with Crippen LogP contribution in [-0.4, -0.2) is 19.7 Å². The van der Waals surface area contributed by atoms with Crippen LogP contribution in [0.5, 0.6) is 5.75 Å². The highest BCUT2D eigenvalue weighted by Gasteiger charge is 2.18. The van der Waals surface area contributed by atoms with Crippen molar-refractivity contribution in [1.29, 1.82) is 0 Å². The topological polar surface area (TPSA) is 21.3 Å². The van der Waals surface area contributed by atoms with E-state index in [1.807, 2.05) is 18.2 Å². The van der Waals surface area contributed by atoms with Crippen molar-refractivity contribution in [1.82, 2.24) is 5.32 Å². The monoisotopic (exact) mass is 221 g/mol.